The van der Waals surface area contributed by atoms with Gasteiger partial charge in [0.05, 0.1) is 0 Å². The van der Waals surface area contributed by atoms with E-state index in [-0.39, 0.29) is 49.9 Å². The van der Waals surface area contributed by atoms with Crippen LogP contribution in [-0.2, 0) is 39.8 Å². The molecular formula is C53H92O8. The lowest BCUT2D eigenvalue weighted by molar-refractivity contribution is -0.167. The SMILES string of the molecule is CCCCCCCCCCCCCCCC(=O)OCC(COC(=O)CCCCCCCCCCCCCCC)OC(=O)CC(C)CCCC(=O)Oc1c(C)cc(CC)cc1C. The number of benzene rings is 1. The van der Waals surface area contributed by atoms with Crippen LogP contribution in [0.2, 0.25) is 0 Å². The number of rotatable bonds is 41. The van der Waals surface area contributed by atoms with E-state index in [0.717, 1.165) is 56.1 Å². The molecule has 1 rings (SSSR count). The van der Waals surface area contributed by atoms with Gasteiger partial charge in [0.1, 0.15) is 19.0 Å². The van der Waals surface area contributed by atoms with E-state index in [9.17, 15) is 19.2 Å². The van der Waals surface area contributed by atoms with Gasteiger partial charge in [0.2, 0.25) is 0 Å². The van der Waals surface area contributed by atoms with Gasteiger partial charge in [-0.1, -0.05) is 194 Å². The monoisotopic (exact) mass is 857 g/mol. The highest BCUT2D eigenvalue weighted by Crippen LogP contribution is 2.26. The van der Waals surface area contributed by atoms with Crippen LogP contribution in [0.15, 0.2) is 12.1 Å². The summed E-state index contributed by atoms with van der Waals surface area (Å²) in [6.07, 6.45) is 34.4. The molecule has 0 heterocycles. The van der Waals surface area contributed by atoms with E-state index in [1.165, 1.54) is 134 Å². The average Bonchev–Trinajstić information content (AvgIpc) is 3.23. The Morgan fingerprint density at radius 2 is 0.836 bits per heavy atom. The van der Waals surface area contributed by atoms with Crippen molar-refractivity contribution >= 4 is 23.9 Å². The molecule has 0 N–H and O–H groups in total. The standard InChI is InChI=1S/C53H92O8/c1-7-10-12-14-16-18-20-22-24-26-28-30-32-36-49(54)58-42-48(43-59-50(55)37-33-31-29-27-25-23-21-19-17-15-13-11-8-2)60-52(57)39-44(4)35-34-38-51(56)61-53-45(5)40-47(9-3)41-46(53)6/h40-41,44,48H,7-39,42-43H2,1-6H3. The molecule has 0 amide bonds. The number of hydrogen-bond acceptors (Lipinski definition) is 8. The highest BCUT2D eigenvalue weighted by Gasteiger charge is 2.21. The zero-order valence-electron chi connectivity index (χ0n) is 40.3. The molecule has 0 saturated carbocycles. The second kappa shape index (κ2) is 38.7. The molecule has 8 heteroatoms. The van der Waals surface area contributed by atoms with E-state index in [1.807, 2.05) is 20.8 Å². The highest BCUT2D eigenvalue weighted by molar-refractivity contribution is 5.73. The Kier molecular flexibility index (Phi) is 35.6. The normalized spacial score (nSPS) is 11.8. The maximum Gasteiger partial charge on any atom is 0.311 e. The summed E-state index contributed by atoms with van der Waals surface area (Å²) in [4.78, 5) is 51.0. The van der Waals surface area contributed by atoms with E-state index in [4.69, 9.17) is 18.9 Å². The van der Waals surface area contributed by atoms with Crippen molar-refractivity contribution in [1.82, 2.24) is 0 Å². The minimum atomic E-state index is -0.869. The molecule has 1 atom stereocenters. The molecule has 1 unspecified atom stereocenters. The minimum absolute atomic E-state index is 0.0375. The summed E-state index contributed by atoms with van der Waals surface area (Å²) in [5, 5.41) is 0. The van der Waals surface area contributed by atoms with E-state index in [1.54, 1.807) is 0 Å². The van der Waals surface area contributed by atoms with E-state index in [0.29, 0.717) is 31.4 Å². The van der Waals surface area contributed by atoms with Crippen LogP contribution < -0.4 is 4.74 Å². The zero-order valence-corrected chi connectivity index (χ0v) is 40.3. The lowest BCUT2D eigenvalue weighted by Gasteiger charge is -2.19. The number of esters is 4. The second-order valence-electron chi connectivity index (χ2n) is 18.1. The molecule has 0 aliphatic carbocycles. The van der Waals surface area contributed by atoms with Gasteiger partial charge in [0.25, 0.3) is 0 Å². The molecule has 0 aliphatic rings. The summed E-state index contributed by atoms with van der Waals surface area (Å²) < 4.78 is 22.5. The number of unbranched alkanes of at least 4 members (excludes halogenated alkanes) is 24. The van der Waals surface area contributed by atoms with Gasteiger partial charge in [0, 0.05) is 25.7 Å². The first-order valence-electron chi connectivity index (χ1n) is 25.4. The third-order valence-electron chi connectivity index (χ3n) is 11.9. The Balaban J connectivity index is 2.45. The summed E-state index contributed by atoms with van der Waals surface area (Å²) in [6, 6.07) is 4.11. The van der Waals surface area contributed by atoms with Crippen LogP contribution in [0.1, 0.15) is 250 Å². The van der Waals surface area contributed by atoms with Gasteiger partial charge in [-0.15, -0.1) is 0 Å². The molecular weight excluding hydrogens is 765 g/mol. The number of ether oxygens (including phenoxy) is 4. The molecule has 0 saturated heterocycles. The van der Waals surface area contributed by atoms with Crippen molar-refractivity contribution in [2.45, 2.75) is 260 Å². The van der Waals surface area contributed by atoms with E-state index < -0.39 is 12.1 Å². The number of carbonyl (C=O) groups is 4. The van der Waals surface area contributed by atoms with Crippen molar-refractivity contribution in [1.29, 1.82) is 0 Å². The zero-order chi connectivity index (χ0) is 44.8. The summed E-state index contributed by atoms with van der Waals surface area (Å²) >= 11 is 0. The van der Waals surface area contributed by atoms with Crippen LogP contribution in [0.4, 0.5) is 0 Å². The fourth-order valence-electron chi connectivity index (χ4n) is 7.99. The topological polar surface area (TPSA) is 105 Å². The first kappa shape index (κ1) is 56.1. The Morgan fingerprint density at radius 1 is 0.475 bits per heavy atom. The van der Waals surface area contributed by atoms with Gasteiger partial charge in [-0.25, -0.2) is 0 Å². The molecule has 0 fully saturated rings. The Morgan fingerprint density at radius 3 is 1.21 bits per heavy atom. The van der Waals surface area contributed by atoms with Crippen molar-refractivity contribution in [3.05, 3.63) is 28.8 Å². The molecule has 61 heavy (non-hydrogen) atoms. The second-order valence-corrected chi connectivity index (χ2v) is 18.1. The maximum absolute atomic E-state index is 13.0. The van der Waals surface area contributed by atoms with Gasteiger partial charge in [-0.3, -0.25) is 19.2 Å². The van der Waals surface area contributed by atoms with Crippen molar-refractivity contribution < 1.29 is 38.1 Å². The fourth-order valence-corrected chi connectivity index (χ4v) is 7.99. The molecule has 0 aliphatic heterocycles. The van der Waals surface area contributed by atoms with E-state index in [2.05, 4.69) is 32.9 Å². The average molecular weight is 857 g/mol. The predicted octanol–water partition coefficient (Wildman–Crippen LogP) is 14.9. The molecule has 0 spiro atoms. The first-order valence-corrected chi connectivity index (χ1v) is 25.4. The Labute approximate surface area is 374 Å². The quantitative estimate of drug-likeness (QED) is 0.0277. The summed E-state index contributed by atoms with van der Waals surface area (Å²) in [7, 11) is 0. The van der Waals surface area contributed by atoms with Crippen molar-refractivity contribution in [2.24, 2.45) is 5.92 Å². The van der Waals surface area contributed by atoms with Crippen LogP contribution in [-0.4, -0.2) is 43.2 Å². The molecule has 1 aromatic carbocycles. The third-order valence-corrected chi connectivity index (χ3v) is 11.9. The lowest BCUT2D eigenvalue weighted by Crippen LogP contribution is -2.31. The van der Waals surface area contributed by atoms with Crippen LogP contribution in [0.25, 0.3) is 0 Å². The molecule has 0 aromatic heterocycles. The van der Waals surface area contributed by atoms with Gasteiger partial charge < -0.3 is 18.9 Å². The molecule has 352 valence electrons. The number of carbonyl (C=O) groups excluding carboxylic acids is 4. The molecule has 0 bridgehead atoms. The summed E-state index contributed by atoms with van der Waals surface area (Å²) in [6.45, 7) is 12.2. The highest BCUT2D eigenvalue weighted by atomic mass is 16.6. The van der Waals surface area contributed by atoms with Crippen molar-refractivity contribution in [2.75, 3.05) is 13.2 Å². The van der Waals surface area contributed by atoms with Crippen LogP contribution >= 0.6 is 0 Å². The maximum atomic E-state index is 13.0. The third kappa shape index (κ3) is 32.4. The van der Waals surface area contributed by atoms with Crippen LogP contribution in [0.3, 0.4) is 0 Å². The first-order chi connectivity index (χ1) is 29.6. The largest absolute Gasteiger partial charge is 0.462 e. The van der Waals surface area contributed by atoms with Crippen LogP contribution in [0.5, 0.6) is 5.75 Å². The summed E-state index contributed by atoms with van der Waals surface area (Å²) in [5.41, 5.74) is 3.11. The summed E-state index contributed by atoms with van der Waals surface area (Å²) in [5.74, 6) is -0.790. The van der Waals surface area contributed by atoms with Gasteiger partial charge in [0.15, 0.2) is 6.10 Å². The lowest BCUT2D eigenvalue weighted by atomic mass is 10.0. The minimum Gasteiger partial charge on any atom is -0.462 e. The molecule has 1 aromatic rings. The molecule has 0 radical (unpaired) electrons. The Hall–Kier alpha value is -2.90. The van der Waals surface area contributed by atoms with Gasteiger partial charge in [-0.2, -0.15) is 0 Å². The predicted molar refractivity (Wildman–Crippen MR) is 251 cm³/mol. The Bertz CT molecular complexity index is 1210. The van der Waals surface area contributed by atoms with Gasteiger partial charge >= 0.3 is 23.9 Å². The van der Waals surface area contributed by atoms with Crippen molar-refractivity contribution in [3.63, 3.8) is 0 Å². The number of aryl methyl sites for hydroxylation is 3. The fraction of sp³-hybridized carbons (Fsp3) is 0.811. The van der Waals surface area contributed by atoms with Gasteiger partial charge in [-0.05, 0) is 68.6 Å². The van der Waals surface area contributed by atoms with Crippen molar-refractivity contribution in [3.8, 4) is 5.75 Å². The smallest absolute Gasteiger partial charge is 0.311 e. The number of hydrogen-bond donors (Lipinski definition) is 0. The molecule has 8 nitrogen and oxygen atoms in total. The van der Waals surface area contributed by atoms with Crippen LogP contribution in [0, 0.1) is 19.8 Å². The van der Waals surface area contributed by atoms with E-state index >= 15 is 0 Å².